The normalized spacial score (nSPS) is 13.9. The molecule has 2 heterocycles. The summed E-state index contributed by atoms with van der Waals surface area (Å²) < 4.78 is 7.67. The number of hydrogen-bond acceptors (Lipinski definition) is 8. The Hall–Kier alpha value is -3.65. The van der Waals surface area contributed by atoms with E-state index in [-0.39, 0.29) is 11.9 Å². The first-order valence-corrected chi connectivity index (χ1v) is 13.8. The monoisotopic (exact) mass is 533 g/mol. The molecule has 0 aliphatic heterocycles. The number of hydrogen-bond donors (Lipinski definition) is 4. The molecule has 3 aromatic rings. The molecule has 9 nitrogen and oxygen atoms in total. The first kappa shape index (κ1) is 27.4. The molecule has 0 bridgehead atoms. The summed E-state index contributed by atoms with van der Waals surface area (Å²) in [5, 5.41) is 13.1. The van der Waals surface area contributed by atoms with Crippen molar-refractivity contribution in [3.05, 3.63) is 53.3 Å². The van der Waals surface area contributed by atoms with E-state index < -0.39 is 0 Å². The molecule has 1 atom stereocenters. The van der Waals surface area contributed by atoms with Crippen LogP contribution in [-0.2, 0) is 11.3 Å². The highest BCUT2D eigenvalue weighted by Gasteiger charge is 2.16. The molecular formula is C28H35N7O2S. The number of nitrogens with one attached hydrogen (secondary N) is 2. The molecule has 2 aromatic heterocycles. The number of nitrogens with two attached hydrogens (primary N) is 2. The van der Waals surface area contributed by atoms with Crippen molar-refractivity contribution >= 4 is 34.3 Å². The van der Waals surface area contributed by atoms with Gasteiger partial charge in [-0.3, -0.25) is 9.48 Å². The van der Waals surface area contributed by atoms with E-state index in [9.17, 15) is 4.79 Å². The van der Waals surface area contributed by atoms with Crippen molar-refractivity contribution < 1.29 is 9.53 Å². The van der Waals surface area contributed by atoms with Crippen LogP contribution in [0, 0.1) is 12.3 Å². The van der Waals surface area contributed by atoms with Gasteiger partial charge in [-0.05, 0) is 56.2 Å². The average Bonchev–Trinajstić information content (AvgIpc) is 3.61. The number of aromatic nitrogens is 3. The number of terminal acetylenes is 1. The molecular weight excluding hydrogens is 498 g/mol. The van der Waals surface area contributed by atoms with Gasteiger partial charge >= 0.3 is 0 Å². The number of benzene rings is 1. The Morgan fingerprint density at radius 2 is 2.24 bits per heavy atom. The number of amides is 1. The molecule has 0 saturated carbocycles. The van der Waals surface area contributed by atoms with Crippen LogP contribution in [0.3, 0.4) is 0 Å². The maximum Gasteiger partial charge on any atom is 0.275 e. The van der Waals surface area contributed by atoms with Gasteiger partial charge in [0.1, 0.15) is 10.7 Å². The molecule has 1 aliphatic carbocycles. The largest absolute Gasteiger partial charge is 0.397 e. The third-order valence-electron chi connectivity index (χ3n) is 6.31. The van der Waals surface area contributed by atoms with Crippen LogP contribution in [0.2, 0.25) is 0 Å². The number of carbonyl (C=O) groups is 1. The zero-order valence-corrected chi connectivity index (χ0v) is 22.3. The molecule has 1 aromatic carbocycles. The molecule has 0 radical (unpaired) electrons. The van der Waals surface area contributed by atoms with E-state index in [0.29, 0.717) is 55.5 Å². The highest BCUT2D eigenvalue weighted by atomic mass is 32.1. The van der Waals surface area contributed by atoms with E-state index in [4.69, 9.17) is 22.6 Å². The molecule has 1 unspecified atom stereocenters. The minimum Gasteiger partial charge on any atom is -0.397 e. The summed E-state index contributed by atoms with van der Waals surface area (Å²) in [5.74, 6) is 2.21. The fraction of sp³-hybridized carbons (Fsp3) is 0.393. The summed E-state index contributed by atoms with van der Waals surface area (Å²) in [6, 6.07) is 5.10. The molecule has 10 heteroatoms. The van der Waals surface area contributed by atoms with Crippen molar-refractivity contribution in [3.8, 4) is 22.9 Å². The van der Waals surface area contributed by atoms with Crippen LogP contribution >= 0.6 is 11.3 Å². The minimum atomic E-state index is -0.312. The number of nitrogens with zero attached hydrogens (tertiary/aromatic N) is 3. The van der Waals surface area contributed by atoms with Crippen LogP contribution in [0.4, 0.5) is 17.1 Å². The van der Waals surface area contributed by atoms with Crippen molar-refractivity contribution in [3.63, 3.8) is 0 Å². The van der Waals surface area contributed by atoms with Gasteiger partial charge in [-0.1, -0.05) is 18.1 Å². The zero-order valence-electron chi connectivity index (χ0n) is 21.5. The molecule has 6 N–H and O–H groups in total. The average molecular weight is 534 g/mol. The Balaban J connectivity index is 1.30. The predicted molar refractivity (Wildman–Crippen MR) is 154 cm³/mol. The van der Waals surface area contributed by atoms with E-state index in [2.05, 4.69) is 32.7 Å². The van der Waals surface area contributed by atoms with Crippen LogP contribution < -0.4 is 22.1 Å². The highest BCUT2D eigenvalue weighted by molar-refractivity contribution is 7.13. The van der Waals surface area contributed by atoms with Crippen molar-refractivity contribution in [1.29, 1.82) is 0 Å². The number of para-hydroxylation sites is 1. The minimum absolute atomic E-state index is 0.271. The second kappa shape index (κ2) is 13.8. The molecule has 200 valence electrons. The van der Waals surface area contributed by atoms with Gasteiger partial charge in [0.25, 0.3) is 5.91 Å². The lowest BCUT2D eigenvalue weighted by molar-refractivity contribution is 0.102. The second-order valence-electron chi connectivity index (χ2n) is 9.26. The number of ether oxygens (including phenoxy) is 1. The van der Waals surface area contributed by atoms with Crippen molar-refractivity contribution in [2.75, 3.05) is 36.1 Å². The first-order chi connectivity index (χ1) is 18.5. The summed E-state index contributed by atoms with van der Waals surface area (Å²) in [4.78, 5) is 17.5. The smallest absolute Gasteiger partial charge is 0.275 e. The number of carbonyl (C=O) groups excluding carboxylic acids is 1. The lowest BCUT2D eigenvalue weighted by Crippen LogP contribution is -2.19. The van der Waals surface area contributed by atoms with E-state index in [1.807, 2.05) is 10.9 Å². The summed E-state index contributed by atoms with van der Waals surface area (Å²) in [6.45, 7) is 2.58. The lowest BCUT2D eigenvalue weighted by Gasteiger charge is -2.15. The van der Waals surface area contributed by atoms with Gasteiger partial charge in [0.05, 0.1) is 49.1 Å². The fourth-order valence-corrected chi connectivity index (χ4v) is 4.96. The van der Waals surface area contributed by atoms with E-state index in [1.54, 1.807) is 29.8 Å². The first-order valence-electron chi connectivity index (χ1n) is 12.9. The summed E-state index contributed by atoms with van der Waals surface area (Å²) >= 11 is 1.40. The molecule has 1 aliphatic rings. The maximum atomic E-state index is 13.0. The van der Waals surface area contributed by atoms with Gasteiger partial charge in [0, 0.05) is 23.7 Å². The Morgan fingerprint density at radius 3 is 3.05 bits per heavy atom. The van der Waals surface area contributed by atoms with Crippen LogP contribution in [0.5, 0.6) is 0 Å². The number of thiazole rings is 1. The molecule has 0 saturated heterocycles. The third kappa shape index (κ3) is 7.68. The molecule has 0 spiro atoms. The Morgan fingerprint density at radius 1 is 1.34 bits per heavy atom. The number of rotatable bonds is 13. The Kier molecular flexibility index (Phi) is 9.92. The fourth-order valence-electron chi connectivity index (χ4n) is 4.18. The summed E-state index contributed by atoms with van der Waals surface area (Å²) in [6.07, 6.45) is 17.6. The quantitative estimate of drug-likeness (QED) is 0.110. The lowest BCUT2D eigenvalue weighted by atomic mass is 10.0. The van der Waals surface area contributed by atoms with Crippen molar-refractivity contribution in [2.45, 2.75) is 51.1 Å². The zero-order chi connectivity index (χ0) is 26.7. The van der Waals surface area contributed by atoms with E-state index in [1.165, 1.54) is 29.8 Å². The van der Waals surface area contributed by atoms with Gasteiger partial charge in [0.15, 0.2) is 0 Å². The van der Waals surface area contributed by atoms with E-state index in [0.717, 1.165) is 29.8 Å². The highest BCUT2D eigenvalue weighted by Crippen LogP contribution is 2.30. The summed E-state index contributed by atoms with van der Waals surface area (Å²) in [7, 11) is 0. The van der Waals surface area contributed by atoms with Crippen LogP contribution in [-0.4, -0.2) is 46.5 Å². The molecule has 38 heavy (non-hydrogen) atoms. The van der Waals surface area contributed by atoms with Crippen LogP contribution in [0.25, 0.3) is 10.6 Å². The van der Waals surface area contributed by atoms with E-state index >= 15 is 0 Å². The topological polar surface area (TPSA) is 133 Å². The number of anilines is 3. The number of nitrogen functional groups attached to an aromatic ring is 1. The Labute approximate surface area is 227 Å². The van der Waals surface area contributed by atoms with Crippen LogP contribution in [0.15, 0.2) is 47.6 Å². The molecule has 1 amide bonds. The maximum absolute atomic E-state index is 13.0. The van der Waals surface area contributed by atoms with Gasteiger partial charge in [-0.25, -0.2) is 4.98 Å². The number of allylic oxidation sites excluding steroid dienone is 1. The van der Waals surface area contributed by atoms with Crippen molar-refractivity contribution in [1.82, 2.24) is 14.8 Å². The van der Waals surface area contributed by atoms with Crippen molar-refractivity contribution in [2.24, 2.45) is 5.73 Å². The summed E-state index contributed by atoms with van der Waals surface area (Å²) in [5.41, 5.74) is 16.3. The SMILES string of the molecule is C#CC(N)CCCNc1c(N)cccc1NC(=O)c1csc(-c2cnn(CCOCC3=CCCCC3)c2)n1. The molecule has 0 fully saturated rings. The van der Waals surface area contributed by atoms with Gasteiger partial charge < -0.3 is 26.8 Å². The Bertz CT molecular complexity index is 1290. The predicted octanol–water partition coefficient (Wildman–Crippen LogP) is 4.51. The van der Waals surface area contributed by atoms with Gasteiger partial charge in [-0.15, -0.1) is 17.8 Å². The van der Waals surface area contributed by atoms with Gasteiger partial charge in [-0.2, -0.15) is 5.10 Å². The van der Waals surface area contributed by atoms with Gasteiger partial charge in [0.2, 0.25) is 0 Å². The standard InChI is InChI=1S/C28H35N7O2S/c1-2-22(29)10-7-13-31-26-23(30)11-6-12-24(26)33-27(36)25-19-38-28(34-25)21-16-32-35(17-21)14-15-37-18-20-8-4-3-5-9-20/h1,6,8,11-12,16-17,19,22,31H,3-5,7,9-10,13-15,18,29-30H2,(H,33,36). The van der Waals surface area contributed by atoms with Crippen LogP contribution in [0.1, 0.15) is 49.0 Å². The second-order valence-corrected chi connectivity index (χ2v) is 10.1. The molecule has 4 rings (SSSR count). The third-order valence-corrected chi connectivity index (χ3v) is 7.20.